The van der Waals surface area contributed by atoms with E-state index in [0.29, 0.717) is 11.2 Å². The van der Waals surface area contributed by atoms with Crippen LogP contribution in [-0.2, 0) is 6.54 Å². The second-order valence-corrected chi connectivity index (χ2v) is 6.17. The molecule has 0 spiro atoms. The van der Waals surface area contributed by atoms with E-state index in [1.165, 1.54) is 6.33 Å². The Bertz CT molecular complexity index is 733. The van der Waals surface area contributed by atoms with Gasteiger partial charge in [0.1, 0.15) is 5.52 Å². The maximum absolute atomic E-state index is 9.68. The number of imidazole rings is 1. The lowest BCUT2D eigenvalue weighted by molar-refractivity contribution is 0.0817. The van der Waals surface area contributed by atoms with Gasteiger partial charge in [-0.1, -0.05) is 6.92 Å². The molecule has 1 aliphatic heterocycles. The average molecular weight is 335 g/mol. The summed E-state index contributed by atoms with van der Waals surface area (Å²) in [5, 5.41) is 26.7. The highest BCUT2D eigenvalue weighted by Crippen LogP contribution is 2.16. The minimum absolute atomic E-state index is 0.128. The number of anilines is 1. The Morgan fingerprint density at radius 2 is 2.08 bits per heavy atom. The van der Waals surface area contributed by atoms with Crippen molar-refractivity contribution >= 4 is 17.1 Å². The van der Waals surface area contributed by atoms with Crippen molar-refractivity contribution in [2.24, 2.45) is 0 Å². The summed E-state index contributed by atoms with van der Waals surface area (Å²) in [5.74, 6) is 0.731. The Labute approximate surface area is 140 Å². The van der Waals surface area contributed by atoms with Crippen molar-refractivity contribution < 1.29 is 10.2 Å². The second-order valence-electron chi connectivity index (χ2n) is 6.17. The fourth-order valence-corrected chi connectivity index (χ4v) is 3.04. The van der Waals surface area contributed by atoms with Crippen molar-refractivity contribution in [2.45, 2.75) is 26.0 Å². The van der Waals surface area contributed by atoms with Gasteiger partial charge in [-0.3, -0.25) is 10.3 Å². The molecule has 0 aliphatic carbocycles. The molecule has 1 saturated heterocycles. The smallest absolute Gasteiger partial charge is 0.205 e. The molecule has 0 amide bonds. The molecule has 2 aromatic rings. The number of nitrogens with zero attached hydrogens (tertiary/aromatic N) is 5. The Morgan fingerprint density at radius 3 is 2.75 bits per heavy atom. The van der Waals surface area contributed by atoms with Gasteiger partial charge in [0.25, 0.3) is 0 Å². The molecular formula is C15H25N7O2. The van der Waals surface area contributed by atoms with Crippen molar-refractivity contribution in [2.75, 3.05) is 44.2 Å². The summed E-state index contributed by atoms with van der Waals surface area (Å²) in [5.41, 5.74) is 1.25. The largest absolute Gasteiger partial charge is 0.394 e. The average Bonchev–Trinajstić information content (AvgIpc) is 3.05. The van der Waals surface area contributed by atoms with Crippen molar-refractivity contribution in [1.82, 2.24) is 24.4 Å². The first-order valence-corrected chi connectivity index (χ1v) is 8.38. The number of aliphatic hydroxyl groups is 2. The van der Waals surface area contributed by atoms with E-state index in [9.17, 15) is 5.11 Å². The quantitative estimate of drug-likeness (QED) is 0.545. The number of piperazine rings is 1. The molecule has 0 bridgehead atoms. The zero-order valence-electron chi connectivity index (χ0n) is 13.9. The van der Waals surface area contributed by atoms with E-state index in [4.69, 9.17) is 10.5 Å². The van der Waals surface area contributed by atoms with Gasteiger partial charge in [0, 0.05) is 26.2 Å². The number of aromatic nitrogens is 4. The van der Waals surface area contributed by atoms with Crippen LogP contribution in [0.2, 0.25) is 0 Å². The van der Waals surface area contributed by atoms with Crippen LogP contribution in [0, 0.1) is 5.41 Å². The Morgan fingerprint density at radius 1 is 1.33 bits per heavy atom. The molecule has 0 unspecified atom stereocenters. The van der Waals surface area contributed by atoms with E-state index in [2.05, 4.69) is 31.7 Å². The highest BCUT2D eigenvalue weighted by Gasteiger charge is 2.20. The van der Waals surface area contributed by atoms with E-state index in [1.807, 2.05) is 0 Å². The van der Waals surface area contributed by atoms with Gasteiger partial charge in [0.05, 0.1) is 25.6 Å². The van der Waals surface area contributed by atoms with E-state index in [1.54, 1.807) is 4.57 Å². The van der Waals surface area contributed by atoms with E-state index in [-0.39, 0.29) is 18.6 Å². The number of rotatable bonds is 6. The summed E-state index contributed by atoms with van der Waals surface area (Å²) in [6.45, 7) is 6.95. The molecule has 9 nitrogen and oxygen atoms in total. The highest BCUT2D eigenvalue weighted by atomic mass is 16.3. The molecule has 3 rings (SSSR count). The number of aromatic amines is 1. The SMILES string of the molecule is CCCN1CCN(c2nc3c([nH]2)c(=N)ncn3C[C@H](O)CO)CC1. The summed E-state index contributed by atoms with van der Waals surface area (Å²) in [7, 11) is 0. The van der Waals surface area contributed by atoms with Gasteiger partial charge in [0.2, 0.25) is 5.95 Å². The van der Waals surface area contributed by atoms with Crippen LogP contribution in [0.4, 0.5) is 5.95 Å². The van der Waals surface area contributed by atoms with E-state index in [0.717, 1.165) is 45.1 Å². The topological polar surface area (TPSA) is 117 Å². The Hall–Kier alpha value is -1.97. The third kappa shape index (κ3) is 3.42. The molecule has 9 heteroatoms. The lowest BCUT2D eigenvalue weighted by Gasteiger charge is -2.34. The van der Waals surface area contributed by atoms with Crippen molar-refractivity contribution in [1.29, 1.82) is 5.41 Å². The number of hydrogen-bond donors (Lipinski definition) is 4. The lowest BCUT2D eigenvalue weighted by atomic mass is 10.3. The number of nitrogens with one attached hydrogen (secondary N) is 2. The van der Waals surface area contributed by atoms with Gasteiger partial charge < -0.3 is 24.7 Å². The number of hydrogen-bond acceptors (Lipinski definition) is 7. The highest BCUT2D eigenvalue weighted by molar-refractivity contribution is 5.72. The summed E-state index contributed by atoms with van der Waals surface area (Å²) in [6.07, 6.45) is 1.76. The summed E-state index contributed by atoms with van der Waals surface area (Å²) < 4.78 is 1.67. The third-order valence-electron chi connectivity index (χ3n) is 4.34. The number of fused-ring (bicyclic) bond motifs is 1. The molecule has 0 saturated carbocycles. The predicted octanol–water partition coefficient (Wildman–Crippen LogP) is -0.876. The zero-order chi connectivity index (χ0) is 17.1. The lowest BCUT2D eigenvalue weighted by Crippen LogP contribution is -2.46. The van der Waals surface area contributed by atoms with E-state index >= 15 is 0 Å². The molecule has 24 heavy (non-hydrogen) atoms. The van der Waals surface area contributed by atoms with Crippen molar-refractivity contribution in [3.8, 4) is 0 Å². The first kappa shape index (κ1) is 16.9. The third-order valence-corrected chi connectivity index (χ3v) is 4.34. The molecule has 132 valence electrons. The van der Waals surface area contributed by atoms with Crippen molar-refractivity contribution in [3.63, 3.8) is 0 Å². The molecule has 2 aromatic heterocycles. The van der Waals surface area contributed by atoms with Gasteiger partial charge in [-0.25, -0.2) is 4.98 Å². The Kier molecular flexibility index (Phi) is 5.12. The monoisotopic (exact) mass is 335 g/mol. The molecular weight excluding hydrogens is 310 g/mol. The number of aliphatic hydroxyl groups excluding tert-OH is 2. The number of H-pyrrole nitrogens is 1. The van der Waals surface area contributed by atoms with Crippen LogP contribution in [0.5, 0.6) is 0 Å². The molecule has 1 fully saturated rings. The minimum atomic E-state index is -0.880. The van der Waals surface area contributed by atoms with Gasteiger partial charge in [-0.05, 0) is 13.0 Å². The molecule has 3 heterocycles. The zero-order valence-corrected chi connectivity index (χ0v) is 13.9. The first-order chi connectivity index (χ1) is 11.6. The maximum atomic E-state index is 9.68. The van der Waals surface area contributed by atoms with Crippen molar-refractivity contribution in [3.05, 3.63) is 11.8 Å². The molecule has 1 atom stereocenters. The molecule has 1 aliphatic rings. The van der Waals surface area contributed by atoms with E-state index < -0.39 is 6.10 Å². The van der Waals surface area contributed by atoms with Crippen LogP contribution in [0.1, 0.15) is 13.3 Å². The van der Waals surface area contributed by atoms with Crippen LogP contribution in [0.3, 0.4) is 0 Å². The van der Waals surface area contributed by atoms with Gasteiger partial charge in [-0.2, -0.15) is 4.98 Å². The van der Waals surface area contributed by atoms with Crippen LogP contribution in [-0.4, -0.2) is 80.1 Å². The summed E-state index contributed by atoms with van der Waals surface area (Å²) >= 11 is 0. The maximum Gasteiger partial charge on any atom is 0.205 e. The molecule has 0 radical (unpaired) electrons. The fraction of sp³-hybridized carbons (Fsp3) is 0.667. The van der Waals surface area contributed by atoms with Crippen LogP contribution >= 0.6 is 0 Å². The minimum Gasteiger partial charge on any atom is -0.394 e. The summed E-state index contributed by atoms with van der Waals surface area (Å²) in [6, 6.07) is 0. The van der Waals surface area contributed by atoms with Crippen LogP contribution in [0.15, 0.2) is 6.33 Å². The van der Waals surface area contributed by atoms with Gasteiger partial charge in [0.15, 0.2) is 11.1 Å². The summed E-state index contributed by atoms with van der Waals surface area (Å²) in [4.78, 5) is 16.5. The standard InChI is InChI=1S/C15H25N7O2/c1-2-3-20-4-6-21(7-5-20)15-18-12-13(16)17-10-22(14(12)19-15)8-11(24)9-23/h10-11,16,23-24H,2-9H2,1H3,(H,18,19)/t11-/m0/s1. The normalized spacial score (nSPS) is 17.5. The van der Waals surface area contributed by atoms with Crippen LogP contribution < -0.4 is 10.4 Å². The second kappa shape index (κ2) is 7.29. The van der Waals surface area contributed by atoms with Crippen LogP contribution in [0.25, 0.3) is 11.2 Å². The molecule has 4 N–H and O–H groups in total. The fourth-order valence-electron chi connectivity index (χ4n) is 3.04. The molecule has 0 aromatic carbocycles. The Balaban J connectivity index is 1.84. The van der Waals surface area contributed by atoms with Gasteiger partial charge in [-0.15, -0.1) is 0 Å². The van der Waals surface area contributed by atoms with Gasteiger partial charge >= 0.3 is 0 Å². The predicted molar refractivity (Wildman–Crippen MR) is 89.8 cm³/mol. The first-order valence-electron chi connectivity index (χ1n) is 8.38.